The van der Waals surface area contributed by atoms with Gasteiger partial charge in [-0.3, -0.25) is 0 Å². The standard InChI is InChI=1S/C17H33N/c1-12(2)16-10-14(17(3,4)5)7-6-13(16)11-18-15-8-9-15/h12-16,18H,6-11H2,1-5H3. The van der Waals surface area contributed by atoms with E-state index in [0.717, 1.165) is 29.7 Å². The minimum Gasteiger partial charge on any atom is -0.314 e. The fourth-order valence-corrected chi connectivity index (χ4v) is 3.73. The van der Waals surface area contributed by atoms with Crippen molar-refractivity contribution in [1.29, 1.82) is 0 Å². The summed E-state index contributed by atoms with van der Waals surface area (Å²) < 4.78 is 0. The quantitative estimate of drug-likeness (QED) is 0.777. The molecule has 1 nitrogen and oxygen atoms in total. The van der Waals surface area contributed by atoms with Crippen LogP contribution < -0.4 is 5.32 Å². The van der Waals surface area contributed by atoms with E-state index in [1.807, 2.05) is 0 Å². The van der Waals surface area contributed by atoms with Gasteiger partial charge in [0.15, 0.2) is 0 Å². The molecule has 3 atom stereocenters. The summed E-state index contributed by atoms with van der Waals surface area (Å²) in [6, 6.07) is 0.873. The Bertz CT molecular complexity index is 259. The smallest absolute Gasteiger partial charge is 0.00683 e. The first-order valence-corrected chi connectivity index (χ1v) is 8.11. The second kappa shape index (κ2) is 5.53. The average Bonchev–Trinajstić information content (AvgIpc) is 3.08. The molecule has 3 unspecified atom stereocenters. The zero-order valence-electron chi connectivity index (χ0n) is 13.1. The van der Waals surface area contributed by atoms with Crippen molar-refractivity contribution in [1.82, 2.24) is 5.32 Å². The third-order valence-electron chi connectivity index (χ3n) is 5.38. The fourth-order valence-electron chi connectivity index (χ4n) is 3.73. The highest BCUT2D eigenvalue weighted by Crippen LogP contribution is 2.45. The molecule has 2 aliphatic rings. The maximum Gasteiger partial charge on any atom is 0.00683 e. The van der Waals surface area contributed by atoms with Crippen LogP contribution in [0.1, 0.15) is 66.7 Å². The molecule has 2 fully saturated rings. The van der Waals surface area contributed by atoms with E-state index in [9.17, 15) is 0 Å². The van der Waals surface area contributed by atoms with Gasteiger partial charge < -0.3 is 5.32 Å². The molecule has 0 spiro atoms. The molecule has 106 valence electrons. The van der Waals surface area contributed by atoms with Crippen molar-refractivity contribution in [3.8, 4) is 0 Å². The summed E-state index contributed by atoms with van der Waals surface area (Å²) in [6.07, 6.45) is 7.19. The number of rotatable bonds is 4. The number of nitrogens with one attached hydrogen (secondary N) is 1. The second-order valence-electron chi connectivity index (χ2n) is 8.23. The lowest BCUT2D eigenvalue weighted by molar-refractivity contribution is 0.0726. The first-order valence-electron chi connectivity index (χ1n) is 8.11. The zero-order valence-corrected chi connectivity index (χ0v) is 13.1. The van der Waals surface area contributed by atoms with E-state index in [4.69, 9.17) is 0 Å². The summed E-state index contributed by atoms with van der Waals surface area (Å²) >= 11 is 0. The van der Waals surface area contributed by atoms with Crippen LogP contribution in [0.15, 0.2) is 0 Å². The van der Waals surface area contributed by atoms with E-state index in [0.29, 0.717) is 5.41 Å². The van der Waals surface area contributed by atoms with Gasteiger partial charge in [-0.25, -0.2) is 0 Å². The lowest BCUT2D eigenvalue weighted by atomic mass is 9.63. The molecule has 0 heterocycles. The van der Waals surface area contributed by atoms with Crippen molar-refractivity contribution < 1.29 is 0 Å². The molecule has 0 aliphatic heterocycles. The Kier molecular flexibility index (Phi) is 4.41. The molecule has 0 amide bonds. The van der Waals surface area contributed by atoms with Crippen molar-refractivity contribution >= 4 is 0 Å². The molecule has 0 aromatic heterocycles. The summed E-state index contributed by atoms with van der Waals surface area (Å²) in [5.74, 6) is 3.65. The molecular weight excluding hydrogens is 218 g/mol. The lowest BCUT2D eigenvalue weighted by Crippen LogP contribution is -2.39. The van der Waals surface area contributed by atoms with E-state index in [1.54, 1.807) is 0 Å². The molecule has 1 N–H and O–H groups in total. The Hall–Kier alpha value is -0.0400. The summed E-state index contributed by atoms with van der Waals surface area (Å²) in [5, 5.41) is 3.76. The predicted octanol–water partition coefficient (Wildman–Crippen LogP) is 4.47. The molecule has 0 bridgehead atoms. The van der Waals surface area contributed by atoms with Gasteiger partial charge in [0.25, 0.3) is 0 Å². The third kappa shape index (κ3) is 3.73. The van der Waals surface area contributed by atoms with Gasteiger partial charge in [-0.1, -0.05) is 34.6 Å². The Morgan fingerprint density at radius 3 is 2.22 bits per heavy atom. The van der Waals surface area contributed by atoms with Crippen LogP contribution in [0.2, 0.25) is 0 Å². The van der Waals surface area contributed by atoms with Crippen LogP contribution >= 0.6 is 0 Å². The summed E-state index contributed by atoms with van der Waals surface area (Å²) in [5.41, 5.74) is 0.502. The van der Waals surface area contributed by atoms with Crippen molar-refractivity contribution in [3.05, 3.63) is 0 Å². The normalized spacial score (nSPS) is 34.0. The van der Waals surface area contributed by atoms with Crippen LogP contribution in [0.25, 0.3) is 0 Å². The second-order valence-corrected chi connectivity index (χ2v) is 8.23. The van der Waals surface area contributed by atoms with Crippen LogP contribution in [-0.2, 0) is 0 Å². The highest BCUT2D eigenvalue weighted by atomic mass is 14.9. The minimum absolute atomic E-state index is 0.502. The Labute approximate surface area is 114 Å². The zero-order chi connectivity index (χ0) is 13.3. The van der Waals surface area contributed by atoms with Gasteiger partial charge in [0.05, 0.1) is 0 Å². The van der Waals surface area contributed by atoms with E-state index in [-0.39, 0.29) is 0 Å². The van der Waals surface area contributed by atoms with Gasteiger partial charge in [0.2, 0.25) is 0 Å². The minimum atomic E-state index is 0.502. The van der Waals surface area contributed by atoms with Crippen LogP contribution in [-0.4, -0.2) is 12.6 Å². The number of hydrogen-bond donors (Lipinski definition) is 1. The van der Waals surface area contributed by atoms with Crippen molar-refractivity contribution in [2.75, 3.05) is 6.54 Å². The van der Waals surface area contributed by atoms with Gasteiger partial charge >= 0.3 is 0 Å². The summed E-state index contributed by atoms with van der Waals surface area (Å²) in [7, 11) is 0. The van der Waals surface area contributed by atoms with Crippen LogP contribution in [0.3, 0.4) is 0 Å². The molecule has 2 saturated carbocycles. The highest BCUT2D eigenvalue weighted by Gasteiger charge is 2.37. The van der Waals surface area contributed by atoms with E-state index >= 15 is 0 Å². The molecule has 2 rings (SSSR count). The van der Waals surface area contributed by atoms with E-state index in [2.05, 4.69) is 39.9 Å². The van der Waals surface area contributed by atoms with Crippen molar-refractivity contribution in [3.63, 3.8) is 0 Å². The van der Waals surface area contributed by atoms with E-state index < -0.39 is 0 Å². The predicted molar refractivity (Wildman–Crippen MR) is 79.6 cm³/mol. The third-order valence-corrected chi connectivity index (χ3v) is 5.38. The SMILES string of the molecule is CC(C)C1CC(C(C)(C)C)CCC1CNC1CC1. The number of hydrogen-bond acceptors (Lipinski definition) is 1. The first-order chi connectivity index (χ1) is 8.38. The first kappa shape index (κ1) is 14.4. The summed E-state index contributed by atoms with van der Waals surface area (Å²) in [4.78, 5) is 0. The van der Waals surface area contributed by atoms with Gasteiger partial charge in [0, 0.05) is 6.04 Å². The molecule has 0 radical (unpaired) electrons. The topological polar surface area (TPSA) is 12.0 Å². The monoisotopic (exact) mass is 251 g/mol. The van der Waals surface area contributed by atoms with Gasteiger partial charge in [0.1, 0.15) is 0 Å². The Morgan fingerprint density at radius 2 is 1.72 bits per heavy atom. The van der Waals surface area contributed by atoms with Crippen LogP contribution in [0, 0.1) is 29.1 Å². The maximum absolute atomic E-state index is 3.76. The molecule has 1 heteroatoms. The van der Waals surface area contributed by atoms with Crippen molar-refractivity contribution in [2.24, 2.45) is 29.1 Å². The maximum atomic E-state index is 3.76. The van der Waals surface area contributed by atoms with Crippen molar-refractivity contribution in [2.45, 2.75) is 72.8 Å². The van der Waals surface area contributed by atoms with Crippen LogP contribution in [0.5, 0.6) is 0 Å². The largest absolute Gasteiger partial charge is 0.314 e. The molecule has 0 saturated heterocycles. The molecule has 0 aromatic rings. The Balaban J connectivity index is 1.90. The molecule has 18 heavy (non-hydrogen) atoms. The molecular formula is C17H33N. The Morgan fingerprint density at radius 1 is 1.06 bits per heavy atom. The van der Waals surface area contributed by atoms with Gasteiger partial charge in [-0.05, 0) is 67.7 Å². The fraction of sp³-hybridized carbons (Fsp3) is 1.00. The van der Waals surface area contributed by atoms with Gasteiger partial charge in [-0.2, -0.15) is 0 Å². The average molecular weight is 251 g/mol. The van der Waals surface area contributed by atoms with Gasteiger partial charge in [-0.15, -0.1) is 0 Å². The molecule has 0 aromatic carbocycles. The highest BCUT2D eigenvalue weighted by molar-refractivity contribution is 4.89. The van der Waals surface area contributed by atoms with E-state index in [1.165, 1.54) is 38.6 Å². The lowest BCUT2D eigenvalue weighted by Gasteiger charge is -2.43. The molecule has 2 aliphatic carbocycles. The summed E-state index contributed by atoms with van der Waals surface area (Å²) in [6.45, 7) is 13.4. The van der Waals surface area contributed by atoms with Crippen LogP contribution in [0.4, 0.5) is 0 Å².